The van der Waals surface area contributed by atoms with E-state index in [2.05, 4.69) is 5.32 Å². The van der Waals surface area contributed by atoms with Crippen LogP contribution in [0.2, 0.25) is 10.0 Å². The molecular weight excluding hydrogens is 287 g/mol. The van der Waals surface area contributed by atoms with Crippen molar-refractivity contribution in [2.24, 2.45) is 0 Å². The van der Waals surface area contributed by atoms with Gasteiger partial charge in [-0.15, -0.1) is 0 Å². The third-order valence-corrected chi connectivity index (χ3v) is 3.81. The fourth-order valence-electron chi connectivity index (χ4n) is 2.04. The molecule has 0 aliphatic carbocycles. The van der Waals surface area contributed by atoms with E-state index in [4.69, 9.17) is 23.2 Å². The molecule has 102 valence electrons. The average molecular weight is 301 g/mol. The van der Waals surface area contributed by atoms with Gasteiger partial charge in [-0.3, -0.25) is 9.59 Å². The summed E-state index contributed by atoms with van der Waals surface area (Å²) in [6, 6.07) is 4.05. The first-order chi connectivity index (χ1) is 8.90. The quantitative estimate of drug-likeness (QED) is 0.910. The van der Waals surface area contributed by atoms with Crippen molar-refractivity contribution in [2.45, 2.75) is 32.5 Å². The minimum Gasteiger partial charge on any atom is -0.343 e. The average Bonchev–Trinajstić information content (AvgIpc) is 2.36. The Kier molecular flexibility index (Phi) is 4.02. The van der Waals surface area contributed by atoms with E-state index in [1.807, 2.05) is 0 Å². The second-order valence-corrected chi connectivity index (χ2v) is 5.45. The first-order valence-electron chi connectivity index (χ1n) is 5.95. The van der Waals surface area contributed by atoms with Gasteiger partial charge in [0.2, 0.25) is 11.8 Å². The van der Waals surface area contributed by atoms with Crippen LogP contribution in [0.4, 0.5) is 0 Å². The van der Waals surface area contributed by atoms with Crippen molar-refractivity contribution in [3.8, 4) is 0 Å². The molecular formula is C13H14Cl2N2O2. The maximum atomic E-state index is 12.1. The number of nitrogens with one attached hydrogen (secondary N) is 1. The highest BCUT2D eigenvalue weighted by atomic mass is 35.5. The molecule has 2 unspecified atom stereocenters. The van der Waals surface area contributed by atoms with Crippen molar-refractivity contribution >= 4 is 35.0 Å². The molecule has 2 atom stereocenters. The van der Waals surface area contributed by atoms with Crippen molar-refractivity contribution in [1.82, 2.24) is 10.2 Å². The van der Waals surface area contributed by atoms with Gasteiger partial charge in [-0.1, -0.05) is 23.2 Å². The fourth-order valence-corrected chi connectivity index (χ4v) is 2.41. The van der Waals surface area contributed by atoms with Crippen molar-refractivity contribution in [2.75, 3.05) is 0 Å². The molecule has 0 spiro atoms. The predicted octanol–water partition coefficient (Wildman–Crippen LogP) is 2.23. The second-order valence-electron chi connectivity index (χ2n) is 4.61. The number of carbonyl (C=O) groups is 2. The lowest BCUT2D eigenvalue weighted by molar-refractivity contribution is -0.148. The minimum absolute atomic E-state index is 0.122. The molecule has 2 amide bonds. The molecule has 1 aromatic carbocycles. The smallest absolute Gasteiger partial charge is 0.245 e. The largest absolute Gasteiger partial charge is 0.343 e. The number of amides is 2. The molecule has 1 saturated heterocycles. The standard InChI is InChI=1S/C13H14Cl2N2O2/c1-7-13(19)17(8(2)12(18)16-7)6-9-5-10(14)3-4-11(9)15/h3-5,7-8H,6H2,1-2H3,(H,16,18). The van der Waals surface area contributed by atoms with Crippen LogP contribution in [-0.4, -0.2) is 28.8 Å². The predicted molar refractivity (Wildman–Crippen MR) is 74.1 cm³/mol. The molecule has 1 aliphatic heterocycles. The van der Waals surface area contributed by atoms with Gasteiger partial charge in [0, 0.05) is 16.6 Å². The third-order valence-electron chi connectivity index (χ3n) is 3.21. The number of hydrogen-bond donors (Lipinski definition) is 1. The number of carbonyl (C=O) groups excluding carboxylic acids is 2. The summed E-state index contributed by atoms with van der Waals surface area (Å²) in [4.78, 5) is 25.4. The lowest BCUT2D eigenvalue weighted by atomic mass is 10.1. The van der Waals surface area contributed by atoms with Gasteiger partial charge in [0.1, 0.15) is 12.1 Å². The van der Waals surface area contributed by atoms with Crippen molar-refractivity contribution in [3.05, 3.63) is 33.8 Å². The van der Waals surface area contributed by atoms with Crippen molar-refractivity contribution in [3.63, 3.8) is 0 Å². The number of halogens is 2. The van der Waals surface area contributed by atoms with Crippen molar-refractivity contribution in [1.29, 1.82) is 0 Å². The van der Waals surface area contributed by atoms with Gasteiger partial charge in [0.05, 0.1) is 0 Å². The van der Waals surface area contributed by atoms with Gasteiger partial charge >= 0.3 is 0 Å². The molecule has 2 rings (SSSR count). The molecule has 1 aromatic rings. The summed E-state index contributed by atoms with van der Waals surface area (Å²) < 4.78 is 0. The number of rotatable bonds is 2. The van der Waals surface area contributed by atoms with E-state index in [0.29, 0.717) is 10.0 Å². The van der Waals surface area contributed by atoms with E-state index >= 15 is 0 Å². The zero-order valence-electron chi connectivity index (χ0n) is 10.6. The lowest BCUT2D eigenvalue weighted by Gasteiger charge is -2.36. The first-order valence-corrected chi connectivity index (χ1v) is 6.70. The van der Waals surface area contributed by atoms with Crippen LogP contribution < -0.4 is 5.32 Å². The zero-order chi connectivity index (χ0) is 14.2. The van der Waals surface area contributed by atoms with E-state index in [1.165, 1.54) is 4.90 Å². The molecule has 6 heteroatoms. The number of nitrogens with zero attached hydrogens (tertiary/aromatic N) is 1. The summed E-state index contributed by atoms with van der Waals surface area (Å²) >= 11 is 12.0. The molecule has 1 fully saturated rings. The molecule has 1 aliphatic rings. The molecule has 0 radical (unpaired) electrons. The van der Waals surface area contributed by atoms with Crippen LogP contribution >= 0.6 is 23.2 Å². The fraction of sp³-hybridized carbons (Fsp3) is 0.385. The van der Waals surface area contributed by atoms with Crippen LogP contribution in [0.25, 0.3) is 0 Å². The van der Waals surface area contributed by atoms with E-state index in [-0.39, 0.29) is 18.4 Å². The van der Waals surface area contributed by atoms with E-state index in [9.17, 15) is 9.59 Å². The molecule has 0 bridgehead atoms. The Labute approximate surface area is 121 Å². The highest BCUT2D eigenvalue weighted by molar-refractivity contribution is 6.33. The molecule has 1 N–H and O–H groups in total. The highest BCUT2D eigenvalue weighted by Crippen LogP contribution is 2.24. The maximum absolute atomic E-state index is 12.1. The summed E-state index contributed by atoms with van der Waals surface area (Å²) in [5.41, 5.74) is 0.733. The van der Waals surface area contributed by atoms with Gasteiger partial charge in [-0.2, -0.15) is 0 Å². The summed E-state index contributed by atoms with van der Waals surface area (Å²) in [7, 11) is 0. The van der Waals surface area contributed by atoms with Gasteiger partial charge in [-0.05, 0) is 37.6 Å². The Hall–Kier alpha value is -1.26. The zero-order valence-corrected chi connectivity index (χ0v) is 12.1. The normalized spacial score (nSPS) is 23.5. The number of hydrogen-bond acceptors (Lipinski definition) is 2. The summed E-state index contributed by atoms with van der Waals surface area (Å²) in [6.45, 7) is 3.63. The summed E-state index contributed by atoms with van der Waals surface area (Å²) in [5, 5.41) is 3.71. The Bertz CT molecular complexity index is 533. The van der Waals surface area contributed by atoms with Crippen LogP contribution in [-0.2, 0) is 16.1 Å². The van der Waals surface area contributed by atoms with Crippen LogP contribution in [0.3, 0.4) is 0 Å². The summed E-state index contributed by atoms with van der Waals surface area (Å²) in [5.74, 6) is -0.284. The molecule has 4 nitrogen and oxygen atoms in total. The van der Waals surface area contributed by atoms with Crippen LogP contribution in [0.15, 0.2) is 18.2 Å². The van der Waals surface area contributed by atoms with Crippen molar-refractivity contribution < 1.29 is 9.59 Å². The van der Waals surface area contributed by atoms with Gasteiger partial charge in [0.25, 0.3) is 0 Å². The minimum atomic E-state index is -0.515. The van der Waals surface area contributed by atoms with Crippen LogP contribution in [0.1, 0.15) is 19.4 Å². The third kappa shape index (κ3) is 2.85. The van der Waals surface area contributed by atoms with Gasteiger partial charge in [-0.25, -0.2) is 0 Å². The molecule has 19 heavy (non-hydrogen) atoms. The van der Waals surface area contributed by atoms with E-state index in [0.717, 1.165) is 5.56 Å². The highest BCUT2D eigenvalue weighted by Gasteiger charge is 2.35. The number of benzene rings is 1. The molecule has 0 aromatic heterocycles. The Morgan fingerprint density at radius 2 is 1.95 bits per heavy atom. The summed E-state index contributed by atoms with van der Waals surface area (Å²) in [6.07, 6.45) is 0. The van der Waals surface area contributed by atoms with E-state index in [1.54, 1.807) is 32.0 Å². The topological polar surface area (TPSA) is 49.4 Å². The lowest BCUT2D eigenvalue weighted by Crippen LogP contribution is -2.60. The Morgan fingerprint density at radius 3 is 2.63 bits per heavy atom. The molecule has 1 heterocycles. The Balaban J connectivity index is 2.27. The SMILES string of the molecule is CC1NC(=O)C(C)N(Cc2cc(Cl)ccc2Cl)C1=O. The first kappa shape index (κ1) is 14.2. The monoisotopic (exact) mass is 300 g/mol. The van der Waals surface area contributed by atoms with Gasteiger partial charge < -0.3 is 10.2 Å². The van der Waals surface area contributed by atoms with E-state index < -0.39 is 12.1 Å². The molecule has 0 saturated carbocycles. The second kappa shape index (κ2) is 5.39. The number of piperazine rings is 1. The van der Waals surface area contributed by atoms with Gasteiger partial charge in [0.15, 0.2) is 0 Å². The van der Waals surface area contributed by atoms with Crippen LogP contribution in [0.5, 0.6) is 0 Å². The van der Waals surface area contributed by atoms with Crippen LogP contribution in [0, 0.1) is 0 Å². The maximum Gasteiger partial charge on any atom is 0.245 e. The Morgan fingerprint density at radius 1 is 1.26 bits per heavy atom.